The lowest BCUT2D eigenvalue weighted by atomic mass is 9.98. The first-order chi connectivity index (χ1) is 6.92. The second-order valence-corrected chi connectivity index (χ2v) is 5.63. The van der Waals surface area contributed by atoms with Crippen LogP contribution in [-0.2, 0) is 13.8 Å². The molecule has 1 aliphatic rings. The summed E-state index contributed by atoms with van der Waals surface area (Å²) in [5, 5.41) is 3.04. The van der Waals surface area contributed by atoms with Gasteiger partial charge < -0.3 is 14.9 Å². The van der Waals surface area contributed by atoms with Crippen molar-refractivity contribution >= 4 is 15.6 Å². The lowest BCUT2D eigenvalue weighted by Gasteiger charge is -2.30. The zero-order chi connectivity index (χ0) is 11.5. The molecule has 0 aromatic carbocycles. The third-order valence-corrected chi connectivity index (χ3v) is 3.52. The Bertz CT molecular complexity index is 253. The van der Waals surface area contributed by atoms with Gasteiger partial charge in [0.2, 0.25) is 0 Å². The van der Waals surface area contributed by atoms with Gasteiger partial charge in [0.25, 0.3) is 0 Å². The molecule has 1 saturated heterocycles. The molecule has 6 nitrogen and oxygen atoms in total. The summed E-state index contributed by atoms with van der Waals surface area (Å²) in [6.07, 6.45) is -0.283. The highest BCUT2D eigenvalue weighted by Crippen LogP contribution is 2.43. The standard InChI is InChI=1S/C7H16BN2O4P/c1-10(2)15(11,12)13-5-6-3-9-4-7(8)14-6/h6-7,9H,3-5H2,1-2H3,(H,11,12). The van der Waals surface area contributed by atoms with Crippen LogP contribution < -0.4 is 5.32 Å². The van der Waals surface area contributed by atoms with E-state index in [0.29, 0.717) is 13.1 Å². The van der Waals surface area contributed by atoms with Gasteiger partial charge in [-0.15, -0.1) is 0 Å². The van der Waals surface area contributed by atoms with Crippen LogP contribution in [0.3, 0.4) is 0 Å². The molecule has 2 radical (unpaired) electrons. The molecule has 0 bridgehead atoms. The van der Waals surface area contributed by atoms with Crippen molar-refractivity contribution in [2.45, 2.75) is 12.1 Å². The van der Waals surface area contributed by atoms with Gasteiger partial charge in [-0.25, -0.2) is 9.24 Å². The quantitative estimate of drug-likeness (QED) is 0.487. The summed E-state index contributed by atoms with van der Waals surface area (Å²) in [4.78, 5) is 9.34. The molecule has 1 aliphatic heterocycles. The molecule has 86 valence electrons. The molecular formula is C7H16BN2O4P. The fourth-order valence-corrected chi connectivity index (χ4v) is 1.72. The average molecular weight is 234 g/mol. The Morgan fingerprint density at radius 2 is 2.33 bits per heavy atom. The normalized spacial score (nSPS) is 31.5. The minimum atomic E-state index is -3.67. The first-order valence-electron chi connectivity index (χ1n) is 4.68. The highest BCUT2D eigenvalue weighted by Gasteiger charge is 2.26. The number of nitrogens with zero attached hydrogens (tertiary/aromatic N) is 1. The second kappa shape index (κ2) is 5.43. The number of nitrogens with one attached hydrogen (secondary N) is 1. The molecule has 3 unspecified atom stereocenters. The molecule has 0 saturated carbocycles. The summed E-state index contributed by atoms with van der Waals surface area (Å²) >= 11 is 0. The molecule has 1 heterocycles. The number of hydrogen-bond donors (Lipinski definition) is 2. The molecule has 1 rings (SSSR count). The maximum Gasteiger partial charge on any atom is 0.405 e. The molecule has 0 amide bonds. The smallest absolute Gasteiger partial charge is 0.380 e. The molecule has 0 aliphatic carbocycles. The minimum Gasteiger partial charge on any atom is -0.380 e. The van der Waals surface area contributed by atoms with Gasteiger partial charge in [0.05, 0.1) is 12.7 Å². The van der Waals surface area contributed by atoms with Gasteiger partial charge in [-0.05, 0) is 14.1 Å². The van der Waals surface area contributed by atoms with Gasteiger partial charge >= 0.3 is 7.75 Å². The molecular weight excluding hydrogens is 218 g/mol. The topological polar surface area (TPSA) is 71.0 Å². The van der Waals surface area contributed by atoms with Crippen LogP contribution in [0.2, 0.25) is 0 Å². The van der Waals surface area contributed by atoms with Crippen LogP contribution in [0.4, 0.5) is 0 Å². The monoisotopic (exact) mass is 234 g/mol. The Morgan fingerprint density at radius 1 is 1.67 bits per heavy atom. The Morgan fingerprint density at radius 3 is 2.87 bits per heavy atom. The third kappa shape index (κ3) is 4.22. The highest BCUT2D eigenvalue weighted by molar-refractivity contribution is 7.50. The van der Waals surface area contributed by atoms with Crippen LogP contribution in [0.25, 0.3) is 0 Å². The summed E-state index contributed by atoms with van der Waals surface area (Å²) in [5.74, 6) is 0. The molecule has 1 fully saturated rings. The summed E-state index contributed by atoms with van der Waals surface area (Å²) in [6.45, 7) is 1.20. The molecule has 0 spiro atoms. The fraction of sp³-hybridized carbons (Fsp3) is 1.00. The second-order valence-electron chi connectivity index (χ2n) is 3.59. The first kappa shape index (κ1) is 13.2. The lowest BCUT2D eigenvalue weighted by Crippen LogP contribution is -2.46. The van der Waals surface area contributed by atoms with Gasteiger partial charge in [-0.3, -0.25) is 4.52 Å². The first-order valence-corrected chi connectivity index (χ1v) is 6.22. The Labute approximate surface area is 90.9 Å². The van der Waals surface area contributed by atoms with Crippen molar-refractivity contribution in [3.8, 4) is 0 Å². The van der Waals surface area contributed by atoms with E-state index in [4.69, 9.17) is 17.1 Å². The summed E-state index contributed by atoms with van der Waals surface area (Å²) < 4.78 is 22.7. The third-order valence-electron chi connectivity index (χ3n) is 2.02. The van der Waals surface area contributed by atoms with Crippen molar-refractivity contribution in [1.82, 2.24) is 9.99 Å². The van der Waals surface area contributed by atoms with Crippen molar-refractivity contribution in [2.24, 2.45) is 0 Å². The van der Waals surface area contributed by atoms with Gasteiger partial charge in [0, 0.05) is 19.1 Å². The van der Waals surface area contributed by atoms with E-state index < -0.39 is 7.75 Å². The molecule has 8 heteroatoms. The van der Waals surface area contributed by atoms with E-state index in [0.717, 1.165) is 4.67 Å². The average Bonchev–Trinajstić information content (AvgIpc) is 2.15. The van der Waals surface area contributed by atoms with Gasteiger partial charge in [-0.1, -0.05) is 0 Å². The van der Waals surface area contributed by atoms with Crippen molar-refractivity contribution < 1.29 is 18.7 Å². The summed E-state index contributed by atoms with van der Waals surface area (Å²) in [6, 6.07) is -0.384. The molecule has 2 N–H and O–H groups in total. The summed E-state index contributed by atoms with van der Waals surface area (Å²) in [5.41, 5.74) is 0. The van der Waals surface area contributed by atoms with E-state index in [9.17, 15) is 9.46 Å². The zero-order valence-corrected chi connectivity index (χ0v) is 9.81. The van der Waals surface area contributed by atoms with Gasteiger partial charge in [0.15, 0.2) is 0 Å². The number of ether oxygens (including phenoxy) is 1. The van der Waals surface area contributed by atoms with Crippen LogP contribution in [0.5, 0.6) is 0 Å². The van der Waals surface area contributed by atoms with Crippen LogP contribution in [0.15, 0.2) is 0 Å². The number of rotatable bonds is 4. The SMILES string of the molecule is [B]C1CNCC(COP(=O)(O)N(C)C)O1. The number of morpholine rings is 1. The van der Waals surface area contributed by atoms with Crippen molar-refractivity contribution in [3.63, 3.8) is 0 Å². The van der Waals surface area contributed by atoms with E-state index in [1.165, 1.54) is 14.1 Å². The summed E-state index contributed by atoms with van der Waals surface area (Å²) in [7, 11) is 4.83. The van der Waals surface area contributed by atoms with Crippen molar-refractivity contribution in [3.05, 3.63) is 0 Å². The van der Waals surface area contributed by atoms with E-state index in [1.54, 1.807) is 0 Å². The highest BCUT2D eigenvalue weighted by atomic mass is 31.2. The predicted molar refractivity (Wildman–Crippen MR) is 56.7 cm³/mol. The Hall–Kier alpha value is 0.0949. The predicted octanol–water partition coefficient (Wildman–Crippen LogP) is -0.852. The minimum absolute atomic E-state index is 0.0483. The zero-order valence-electron chi connectivity index (χ0n) is 8.92. The lowest BCUT2D eigenvalue weighted by molar-refractivity contribution is -0.0237. The van der Waals surface area contributed by atoms with E-state index in [-0.39, 0.29) is 18.7 Å². The molecule has 15 heavy (non-hydrogen) atoms. The fourth-order valence-electron chi connectivity index (χ4n) is 1.12. The van der Waals surface area contributed by atoms with Crippen molar-refractivity contribution in [2.75, 3.05) is 33.8 Å². The maximum atomic E-state index is 11.4. The van der Waals surface area contributed by atoms with Crippen LogP contribution in [0, 0.1) is 0 Å². The number of hydrogen-bond acceptors (Lipinski definition) is 4. The van der Waals surface area contributed by atoms with E-state index >= 15 is 0 Å². The van der Waals surface area contributed by atoms with Crippen molar-refractivity contribution in [1.29, 1.82) is 0 Å². The Kier molecular flexibility index (Phi) is 4.77. The van der Waals surface area contributed by atoms with Crippen LogP contribution >= 0.6 is 7.75 Å². The largest absolute Gasteiger partial charge is 0.405 e. The van der Waals surface area contributed by atoms with Crippen LogP contribution in [-0.4, -0.2) is 63.3 Å². The van der Waals surface area contributed by atoms with E-state index in [1.807, 2.05) is 0 Å². The van der Waals surface area contributed by atoms with Gasteiger partial charge in [0.1, 0.15) is 7.85 Å². The molecule has 0 aromatic heterocycles. The molecule has 3 atom stereocenters. The Balaban J connectivity index is 2.33. The van der Waals surface area contributed by atoms with E-state index in [2.05, 4.69) is 5.32 Å². The maximum absolute atomic E-state index is 11.4. The van der Waals surface area contributed by atoms with Gasteiger partial charge in [-0.2, -0.15) is 0 Å². The molecule has 0 aromatic rings. The van der Waals surface area contributed by atoms with Crippen LogP contribution in [0.1, 0.15) is 0 Å².